The van der Waals surface area contributed by atoms with Crippen molar-refractivity contribution < 1.29 is 0 Å². The Morgan fingerprint density at radius 3 is 3.27 bits per heavy atom. The van der Waals surface area contributed by atoms with Crippen molar-refractivity contribution in [3.05, 3.63) is 18.2 Å². The highest BCUT2D eigenvalue weighted by Crippen LogP contribution is 2.33. The van der Waals surface area contributed by atoms with Gasteiger partial charge in [0.2, 0.25) is 0 Å². The van der Waals surface area contributed by atoms with Gasteiger partial charge in [0.15, 0.2) is 0 Å². The third-order valence-electron chi connectivity index (χ3n) is 1.53. The van der Waals surface area contributed by atoms with E-state index >= 15 is 0 Å². The number of nitrogens with two attached hydrogens (primary N) is 1. The van der Waals surface area contributed by atoms with Gasteiger partial charge in [0.1, 0.15) is 0 Å². The number of fused-ring (bicyclic) bond motifs is 1. The van der Waals surface area contributed by atoms with Gasteiger partial charge in [-0.05, 0) is 18.2 Å². The molecule has 56 valence electrons. The maximum atomic E-state index is 5.62. The second-order valence-electron chi connectivity index (χ2n) is 2.35. The van der Waals surface area contributed by atoms with Crippen LogP contribution in [0.4, 0.5) is 11.4 Å². The Morgan fingerprint density at radius 1 is 1.45 bits per heavy atom. The first-order chi connectivity index (χ1) is 5.36. The van der Waals surface area contributed by atoms with E-state index in [9.17, 15) is 0 Å². The van der Waals surface area contributed by atoms with E-state index in [0.29, 0.717) is 0 Å². The first kappa shape index (κ1) is 6.73. The highest BCUT2D eigenvalue weighted by Gasteiger charge is 2.04. The molecule has 0 amide bonds. The molecule has 3 heteroatoms. The molecule has 0 saturated carbocycles. The van der Waals surface area contributed by atoms with Gasteiger partial charge in [0.25, 0.3) is 0 Å². The summed E-state index contributed by atoms with van der Waals surface area (Å²) in [5.74, 6) is 0.955. The van der Waals surface area contributed by atoms with E-state index < -0.39 is 0 Å². The van der Waals surface area contributed by atoms with E-state index in [4.69, 9.17) is 5.73 Å². The highest BCUT2D eigenvalue weighted by molar-refractivity contribution is 8.00. The summed E-state index contributed by atoms with van der Waals surface area (Å²) < 4.78 is 0. The third-order valence-corrected chi connectivity index (χ3v) is 2.48. The van der Waals surface area contributed by atoms with Crippen LogP contribution in [0.5, 0.6) is 0 Å². The first-order valence-corrected chi connectivity index (χ1v) is 4.40. The quantitative estimate of drug-likeness (QED) is 0.596. The number of anilines is 1. The van der Waals surface area contributed by atoms with Gasteiger partial charge in [-0.3, -0.25) is 4.99 Å². The van der Waals surface area contributed by atoms with Gasteiger partial charge in [-0.15, -0.1) is 11.8 Å². The molecular weight excluding hydrogens is 156 g/mol. The van der Waals surface area contributed by atoms with E-state index in [2.05, 4.69) is 4.99 Å². The van der Waals surface area contributed by atoms with Gasteiger partial charge in [-0.2, -0.15) is 0 Å². The van der Waals surface area contributed by atoms with Crippen molar-refractivity contribution >= 4 is 29.4 Å². The fourth-order valence-electron chi connectivity index (χ4n) is 1.02. The fraction of sp³-hybridized carbons (Fsp3) is 0.125. The molecule has 0 aliphatic carbocycles. The zero-order valence-corrected chi connectivity index (χ0v) is 6.77. The van der Waals surface area contributed by atoms with Crippen molar-refractivity contribution in [1.29, 1.82) is 0 Å². The maximum Gasteiger partial charge on any atom is 0.0763 e. The molecule has 1 aromatic rings. The van der Waals surface area contributed by atoms with E-state index in [1.54, 1.807) is 11.8 Å². The smallest absolute Gasteiger partial charge is 0.0763 e. The Kier molecular flexibility index (Phi) is 1.58. The van der Waals surface area contributed by atoms with Crippen LogP contribution in [0.1, 0.15) is 0 Å². The lowest BCUT2D eigenvalue weighted by molar-refractivity contribution is 1.36. The first-order valence-electron chi connectivity index (χ1n) is 3.41. The van der Waals surface area contributed by atoms with Crippen LogP contribution >= 0.6 is 11.8 Å². The summed E-state index contributed by atoms with van der Waals surface area (Å²) in [6.07, 6.45) is 1.92. The van der Waals surface area contributed by atoms with Crippen LogP contribution < -0.4 is 5.73 Å². The Balaban J connectivity index is 2.53. The summed E-state index contributed by atoms with van der Waals surface area (Å²) >= 11 is 1.77. The number of nitrogens with zero attached hydrogens (tertiary/aromatic N) is 1. The zero-order valence-electron chi connectivity index (χ0n) is 5.95. The normalized spacial score (nSPS) is 14.5. The van der Waals surface area contributed by atoms with E-state index in [0.717, 1.165) is 17.1 Å². The molecule has 0 saturated heterocycles. The number of benzene rings is 1. The minimum Gasteiger partial charge on any atom is -0.399 e. The standard InChI is InChI=1S/C8H8N2S/c9-6-1-2-7-8(5-6)11-4-3-10-7/h1-3,5H,4,9H2. The van der Waals surface area contributed by atoms with E-state index in [1.807, 2.05) is 24.4 Å². The van der Waals surface area contributed by atoms with Crippen LogP contribution in [-0.4, -0.2) is 12.0 Å². The Labute approximate surface area is 69.5 Å². The van der Waals surface area contributed by atoms with Gasteiger partial charge in [0.05, 0.1) is 5.69 Å². The van der Waals surface area contributed by atoms with Crippen molar-refractivity contribution in [3.8, 4) is 0 Å². The van der Waals surface area contributed by atoms with Crippen molar-refractivity contribution in [2.24, 2.45) is 4.99 Å². The van der Waals surface area contributed by atoms with Crippen LogP contribution in [-0.2, 0) is 0 Å². The third kappa shape index (κ3) is 1.24. The number of aliphatic imine (C=N–C) groups is 1. The average molecular weight is 164 g/mol. The Hall–Kier alpha value is -0.960. The number of hydrogen-bond donors (Lipinski definition) is 1. The second kappa shape index (κ2) is 2.58. The van der Waals surface area contributed by atoms with Gasteiger partial charge < -0.3 is 5.73 Å². The second-order valence-corrected chi connectivity index (χ2v) is 3.41. The summed E-state index contributed by atoms with van der Waals surface area (Å²) in [7, 11) is 0. The van der Waals surface area contributed by atoms with E-state index in [-0.39, 0.29) is 0 Å². The van der Waals surface area contributed by atoms with Crippen molar-refractivity contribution in [3.63, 3.8) is 0 Å². The molecule has 0 spiro atoms. The van der Waals surface area contributed by atoms with E-state index in [1.165, 1.54) is 4.90 Å². The minimum atomic E-state index is 0.813. The van der Waals surface area contributed by atoms with Crippen molar-refractivity contribution in [2.75, 3.05) is 11.5 Å². The minimum absolute atomic E-state index is 0.813. The van der Waals surface area contributed by atoms with Crippen LogP contribution in [0.2, 0.25) is 0 Å². The molecule has 2 rings (SSSR count). The number of hydrogen-bond acceptors (Lipinski definition) is 3. The van der Waals surface area contributed by atoms with Gasteiger partial charge in [0, 0.05) is 22.6 Å². The predicted octanol–water partition coefficient (Wildman–Crippen LogP) is 2.08. The summed E-state index contributed by atoms with van der Waals surface area (Å²) in [5.41, 5.74) is 7.47. The molecule has 0 unspecified atom stereocenters. The molecular formula is C8H8N2S. The Bertz CT molecular complexity index is 307. The molecule has 0 atom stereocenters. The monoisotopic (exact) mass is 164 g/mol. The lowest BCUT2D eigenvalue weighted by atomic mass is 10.3. The summed E-state index contributed by atoms with van der Waals surface area (Å²) in [6.45, 7) is 0. The van der Waals surface area contributed by atoms with Gasteiger partial charge in [-0.25, -0.2) is 0 Å². The van der Waals surface area contributed by atoms with Crippen LogP contribution in [0.15, 0.2) is 28.1 Å². The maximum absolute atomic E-state index is 5.62. The molecule has 0 bridgehead atoms. The number of thioether (sulfide) groups is 1. The predicted molar refractivity (Wildman–Crippen MR) is 49.7 cm³/mol. The molecule has 1 heterocycles. The lowest BCUT2D eigenvalue weighted by Crippen LogP contribution is -1.90. The number of nitrogen functional groups attached to an aromatic ring is 1. The highest BCUT2D eigenvalue weighted by atomic mass is 32.2. The number of rotatable bonds is 0. The molecule has 0 radical (unpaired) electrons. The topological polar surface area (TPSA) is 38.4 Å². The molecule has 1 aliphatic rings. The van der Waals surface area contributed by atoms with Crippen molar-refractivity contribution in [1.82, 2.24) is 0 Å². The van der Waals surface area contributed by atoms with Crippen LogP contribution in [0.3, 0.4) is 0 Å². The van der Waals surface area contributed by atoms with Crippen molar-refractivity contribution in [2.45, 2.75) is 4.90 Å². The largest absolute Gasteiger partial charge is 0.399 e. The van der Waals surface area contributed by atoms with Gasteiger partial charge in [-0.1, -0.05) is 0 Å². The lowest BCUT2D eigenvalue weighted by Gasteiger charge is -2.08. The molecule has 2 N–H and O–H groups in total. The average Bonchev–Trinajstić information content (AvgIpc) is 2.04. The van der Waals surface area contributed by atoms with Crippen LogP contribution in [0.25, 0.3) is 0 Å². The fourth-order valence-corrected chi connectivity index (χ4v) is 1.83. The molecule has 0 fully saturated rings. The molecule has 2 nitrogen and oxygen atoms in total. The molecule has 1 aromatic carbocycles. The van der Waals surface area contributed by atoms with Crippen LogP contribution in [0, 0.1) is 0 Å². The molecule has 1 aliphatic heterocycles. The SMILES string of the molecule is Nc1ccc2c(c1)SCC=N2. The summed E-state index contributed by atoms with van der Waals surface area (Å²) in [6, 6.07) is 5.80. The Morgan fingerprint density at radius 2 is 2.36 bits per heavy atom. The zero-order chi connectivity index (χ0) is 7.68. The molecule has 0 aromatic heterocycles. The molecule has 11 heavy (non-hydrogen) atoms. The summed E-state index contributed by atoms with van der Waals surface area (Å²) in [5, 5.41) is 0. The summed E-state index contributed by atoms with van der Waals surface area (Å²) in [4.78, 5) is 5.42. The van der Waals surface area contributed by atoms with Gasteiger partial charge >= 0.3 is 0 Å².